The zero-order valence-electron chi connectivity index (χ0n) is 18.9. The van der Waals surface area contributed by atoms with Gasteiger partial charge < -0.3 is 14.9 Å². The van der Waals surface area contributed by atoms with Crippen LogP contribution in [0.5, 0.6) is 0 Å². The van der Waals surface area contributed by atoms with Crippen LogP contribution in [0, 0.1) is 11.8 Å². The Morgan fingerprint density at radius 1 is 0.833 bits per heavy atom. The first-order valence-corrected chi connectivity index (χ1v) is 11.6. The Balaban J connectivity index is 0.000000248. The third-order valence-electron chi connectivity index (χ3n) is 5.94. The molecular formula is C24H37ClN2O3. The predicted molar refractivity (Wildman–Crippen MR) is 121 cm³/mol. The molecule has 2 aliphatic heterocycles. The highest BCUT2D eigenvalue weighted by molar-refractivity contribution is 6.30. The van der Waals surface area contributed by atoms with Crippen molar-refractivity contribution in [3.05, 3.63) is 34.9 Å². The molecule has 1 N–H and O–H groups in total. The van der Waals surface area contributed by atoms with E-state index in [0.29, 0.717) is 36.9 Å². The lowest BCUT2D eigenvalue weighted by molar-refractivity contribution is -0.139. The topological polar surface area (TPSA) is 60.9 Å². The molecule has 1 aromatic rings. The molecule has 30 heavy (non-hydrogen) atoms. The molecule has 0 atom stereocenters. The van der Waals surface area contributed by atoms with Gasteiger partial charge in [-0.2, -0.15) is 0 Å². The lowest BCUT2D eigenvalue weighted by atomic mass is 9.84. The van der Waals surface area contributed by atoms with E-state index in [4.69, 9.17) is 11.6 Å². The number of nitrogens with zero attached hydrogens (tertiary/aromatic N) is 2. The second kappa shape index (κ2) is 11.1. The molecule has 2 fully saturated rings. The van der Waals surface area contributed by atoms with Gasteiger partial charge in [-0.3, -0.25) is 9.59 Å². The molecule has 1 aromatic carbocycles. The fourth-order valence-electron chi connectivity index (χ4n) is 3.99. The van der Waals surface area contributed by atoms with Crippen molar-refractivity contribution in [2.45, 2.75) is 65.4 Å². The minimum absolute atomic E-state index is 0.0155. The molecule has 6 heteroatoms. The standard InChI is InChI=1S/C15H20ClNO2.C9H17NO/c1-11(2)14(18)17-9-7-15(19,8-10-17)12-3-5-13(16)6-4-12;1-8(2)9(11)10-6-4-3-5-7-10/h3-6,11,19H,7-10H2,1-2H3;8H,3-7H2,1-2H3. The van der Waals surface area contributed by atoms with Gasteiger partial charge in [-0.15, -0.1) is 0 Å². The lowest BCUT2D eigenvalue weighted by Crippen LogP contribution is -2.46. The van der Waals surface area contributed by atoms with Crippen LogP contribution >= 0.6 is 11.6 Å². The number of hydrogen-bond acceptors (Lipinski definition) is 3. The molecule has 0 aliphatic carbocycles. The Morgan fingerprint density at radius 2 is 1.27 bits per heavy atom. The summed E-state index contributed by atoms with van der Waals surface area (Å²) in [4.78, 5) is 27.2. The Bertz CT molecular complexity index is 689. The van der Waals surface area contributed by atoms with Crippen LogP contribution in [0.25, 0.3) is 0 Å². The van der Waals surface area contributed by atoms with Crippen molar-refractivity contribution in [3.63, 3.8) is 0 Å². The van der Waals surface area contributed by atoms with Crippen LogP contribution < -0.4 is 0 Å². The van der Waals surface area contributed by atoms with Crippen molar-refractivity contribution in [2.75, 3.05) is 26.2 Å². The molecule has 0 radical (unpaired) electrons. The second-order valence-electron chi connectivity index (χ2n) is 9.06. The number of likely N-dealkylation sites (tertiary alicyclic amines) is 2. The van der Waals surface area contributed by atoms with Crippen LogP contribution in [0.4, 0.5) is 0 Å². The van der Waals surface area contributed by atoms with Gasteiger partial charge in [0.25, 0.3) is 0 Å². The van der Waals surface area contributed by atoms with Crippen molar-refractivity contribution in [1.29, 1.82) is 0 Å². The largest absolute Gasteiger partial charge is 0.385 e. The number of halogens is 1. The van der Waals surface area contributed by atoms with E-state index in [1.165, 1.54) is 19.3 Å². The van der Waals surface area contributed by atoms with Crippen molar-refractivity contribution in [3.8, 4) is 0 Å². The number of piperidine rings is 2. The summed E-state index contributed by atoms with van der Waals surface area (Å²) in [5.74, 6) is 0.678. The molecule has 2 amide bonds. The maximum Gasteiger partial charge on any atom is 0.225 e. The predicted octanol–water partition coefficient (Wildman–Crippen LogP) is 4.46. The molecular weight excluding hydrogens is 400 g/mol. The van der Waals surface area contributed by atoms with Gasteiger partial charge in [0.1, 0.15) is 0 Å². The maximum atomic E-state index is 11.9. The van der Waals surface area contributed by atoms with Crippen molar-refractivity contribution < 1.29 is 14.7 Å². The highest BCUT2D eigenvalue weighted by Crippen LogP contribution is 2.33. The van der Waals surface area contributed by atoms with Gasteiger partial charge >= 0.3 is 0 Å². The molecule has 0 spiro atoms. The van der Waals surface area contributed by atoms with E-state index < -0.39 is 5.60 Å². The molecule has 2 aliphatic rings. The molecule has 3 rings (SSSR count). The summed E-state index contributed by atoms with van der Waals surface area (Å²) in [7, 11) is 0. The fraction of sp³-hybridized carbons (Fsp3) is 0.667. The number of benzene rings is 1. The molecule has 0 aromatic heterocycles. The minimum Gasteiger partial charge on any atom is -0.385 e. The molecule has 0 bridgehead atoms. The highest BCUT2D eigenvalue weighted by Gasteiger charge is 2.35. The van der Waals surface area contributed by atoms with Gasteiger partial charge in [-0.1, -0.05) is 51.4 Å². The van der Waals surface area contributed by atoms with E-state index in [1.807, 2.05) is 49.6 Å². The van der Waals surface area contributed by atoms with Crippen LogP contribution in [0.3, 0.4) is 0 Å². The SMILES string of the molecule is CC(C)C(=O)N1CCC(O)(c2ccc(Cl)cc2)CC1.CC(C)C(=O)N1CCCCC1. The highest BCUT2D eigenvalue weighted by atomic mass is 35.5. The number of hydrogen-bond donors (Lipinski definition) is 1. The Morgan fingerprint density at radius 3 is 1.70 bits per heavy atom. The summed E-state index contributed by atoms with van der Waals surface area (Å²) < 4.78 is 0. The van der Waals surface area contributed by atoms with E-state index in [0.717, 1.165) is 18.7 Å². The van der Waals surface area contributed by atoms with E-state index >= 15 is 0 Å². The van der Waals surface area contributed by atoms with E-state index in [9.17, 15) is 14.7 Å². The van der Waals surface area contributed by atoms with Crippen molar-refractivity contribution in [2.24, 2.45) is 11.8 Å². The van der Waals surface area contributed by atoms with Gasteiger partial charge in [0.2, 0.25) is 11.8 Å². The van der Waals surface area contributed by atoms with Crippen LogP contribution in [-0.2, 0) is 15.2 Å². The average Bonchev–Trinajstić information content (AvgIpc) is 2.74. The Labute approximate surface area is 186 Å². The van der Waals surface area contributed by atoms with E-state index in [-0.39, 0.29) is 17.7 Å². The summed E-state index contributed by atoms with van der Waals surface area (Å²) in [5.41, 5.74) is 0.0479. The molecule has 168 valence electrons. The molecule has 0 unspecified atom stereocenters. The normalized spacial score (nSPS) is 18.8. The van der Waals surface area contributed by atoms with Gasteiger partial charge in [0.05, 0.1) is 5.60 Å². The van der Waals surface area contributed by atoms with Gasteiger partial charge in [0, 0.05) is 43.0 Å². The van der Waals surface area contributed by atoms with Crippen LogP contribution in [0.1, 0.15) is 65.4 Å². The summed E-state index contributed by atoms with van der Waals surface area (Å²) in [6.45, 7) is 10.9. The molecule has 2 heterocycles. The first-order valence-electron chi connectivity index (χ1n) is 11.2. The van der Waals surface area contributed by atoms with Crippen LogP contribution in [0.2, 0.25) is 5.02 Å². The van der Waals surface area contributed by atoms with Crippen molar-refractivity contribution >= 4 is 23.4 Å². The zero-order valence-corrected chi connectivity index (χ0v) is 19.6. The van der Waals surface area contributed by atoms with Crippen LogP contribution in [0.15, 0.2) is 24.3 Å². The van der Waals surface area contributed by atoms with Gasteiger partial charge in [0.15, 0.2) is 0 Å². The second-order valence-corrected chi connectivity index (χ2v) is 9.50. The van der Waals surface area contributed by atoms with E-state index in [2.05, 4.69) is 0 Å². The zero-order chi connectivity index (χ0) is 22.3. The smallest absolute Gasteiger partial charge is 0.225 e. The summed E-state index contributed by atoms with van der Waals surface area (Å²) in [6, 6.07) is 7.31. The van der Waals surface area contributed by atoms with Crippen molar-refractivity contribution in [1.82, 2.24) is 9.80 Å². The summed E-state index contributed by atoms with van der Waals surface area (Å²) >= 11 is 5.86. The number of rotatable bonds is 3. The summed E-state index contributed by atoms with van der Waals surface area (Å²) in [5, 5.41) is 11.4. The molecule has 5 nitrogen and oxygen atoms in total. The molecule has 0 saturated carbocycles. The van der Waals surface area contributed by atoms with Gasteiger partial charge in [-0.25, -0.2) is 0 Å². The third-order valence-corrected chi connectivity index (χ3v) is 6.19. The first-order chi connectivity index (χ1) is 14.1. The molecule has 2 saturated heterocycles. The third kappa shape index (κ3) is 6.71. The van der Waals surface area contributed by atoms with Crippen LogP contribution in [-0.4, -0.2) is 52.9 Å². The quantitative estimate of drug-likeness (QED) is 0.760. The Kier molecular flexibility index (Phi) is 9.17. The number of aliphatic hydroxyl groups is 1. The fourth-order valence-corrected chi connectivity index (χ4v) is 4.12. The Hall–Kier alpha value is -1.59. The monoisotopic (exact) mass is 436 g/mol. The van der Waals surface area contributed by atoms with E-state index in [1.54, 1.807) is 12.1 Å². The van der Waals surface area contributed by atoms with Gasteiger partial charge in [-0.05, 0) is 49.8 Å². The minimum atomic E-state index is -0.835. The number of carbonyl (C=O) groups excluding carboxylic acids is 2. The number of carbonyl (C=O) groups is 2. The lowest BCUT2D eigenvalue weighted by Gasteiger charge is -2.39. The number of amides is 2. The summed E-state index contributed by atoms with van der Waals surface area (Å²) in [6.07, 6.45) is 4.83. The first kappa shape index (κ1) is 24.7. The average molecular weight is 437 g/mol. The maximum absolute atomic E-state index is 11.9.